The van der Waals surface area contributed by atoms with E-state index < -0.39 is 5.91 Å². The molecule has 0 spiro atoms. The number of nitrogen functional groups attached to an aromatic ring is 1. The molecule has 110 valence electrons. The first kappa shape index (κ1) is 16.0. The molecule has 6 heteroatoms. The van der Waals surface area contributed by atoms with Gasteiger partial charge in [0.25, 0.3) is 0 Å². The minimum atomic E-state index is -0.466. The van der Waals surface area contributed by atoms with E-state index in [4.69, 9.17) is 11.5 Å². The first-order valence-electron chi connectivity index (χ1n) is 6.51. The molecule has 0 fully saturated rings. The van der Waals surface area contributed by atoms with Gasteiger partial charge in [-0.25, -0.2) is 0 Å². The summed E-state index contributed by atoms with van der Waals surface area (Å²) in [4.78, 5) is 24.6. The number of hydrogen-bond acceptors (Lipinski definition) is 4. The molecule has 0 aliphatic heterocycles. The van der Waals surface area contributed by atoms with Crippen LogP contribution in [0.4, 0.5) is 5.69 Å². The van der Waals surface area contributed by atoms with Crippen molar-refractivity contribution < 1.29 is 9.59 Å². The molecule has 0 aliphatic carbocycles. The van der Waals surface area contributed by atoms with Crippen LogP contribution in [-0.4, -0.2) is 35.8 Å². The second kappa shape index (κ2) is 7.49. The van der Waals surface area contributed by atoms with Crippen molar-refractivity contribution in [3.05, 3.63) is 29.8 Å². The molecule has 5 N–H and O–H groups in total. The largest absolute Gasteiger partial charge is 0.399 e. The van der Waals surface area contributed by atoms with Crippen LogP contribution >= 0.6 is 0 Å². The molecular weight excluding hydrogens is 256 g/mol. The van der Waals surface area contributed by atoms with Crippen LogP contribution in [0.1, 0.15) is 19.4 Å². The van der Waals surface area contributed by atoms with Crippen molar-refractivity contribution in [3.63, 3.8) is 0 Å². The second-order valence-corrected chi connectivity index (χ2v) is 5.08. The fourth-order valence-corrected chi connectivity index (χ4v) is 1.91. The second-order valence-electron chi connectivity index (χ2n) is 5.08. The number of rotatable bonds is 7. The van der Waals surface area contributed by atoms with E-state index >= 15 is 0 Å². The van der Waals surface area contributed by atoms with Crippen LogP contribution in [-0.2, 0) is 16.1 Å². The van der Waals surface area contributed by atoms with E-state index in [9.17, 15) is 9.59 Å². The van der Waals surface area contributed by atoms with Crippen LogP contribution in [0.3, 0.4) is 0 Å². The van der Waals surface area contributed by atoms with Gasteiger partial charge < -0.3 is 16.8 Å². The van der Waals surface area contributed by atoms with Crippen molar-refractivity contribution in [3.8, 4) is 0 Å². The fraction of sp³-hybridized carbons (Fsp3) is 0.429. The van der Waals surface area contributed by atoms with Gasteiger partial charge in [0, 0.05) is 18.3 Å². The molecule has 0 aliphatic rings. The van der Waals surface area contributed by atoms with Gasteiger partial charge in [0.1, 0.15) is 0 Å². The molecule has 6 nitrogen and oxygen atoms in total. The van der Waals surface area contributed by atoms with Crippen molar-refractivity contribution in [2.75, 3.05) is 18.8 Å². The minimum Gasteiger partial charge on any atom is -0.399 e. The average molecular weight is 278 g/mol. The Morgan fingerprint density at radius 3 is 2.55 bits per heavy atom. The van der Waals surface area contributed by atoms with Gasteiger partial charge in [-0.3, -0.25) is 14.5 Å². The third-order valence-corrected chi connectivity index (χ3v) is 2.55. The molecule has 0 radical (unpaired) electrons. The molecule has 0 unspecified atom stereocenters. The molecule has 0 bridgehead atoms. The maximum atomic E-state index is 11.8. The Balaban J connectivity index is 2.69. The third-order valence-electron chi connectivity index (χ3n) is 2.55. The molecular formula is C14H22N4O2. The molecule has 0 aromatic heterocycles. The molecule has 0 heterocycles. The molecule has 0 saturated heterocycles. The lowest BCUT2D eigenvalue weighted by Gasteiger charge is -2.21. The summed E-state index contributed by atoms with van der Waals surface area (Å²) in [5.41, 5.74) is 12.5. The summed E-state index contributed by atoms with van der Waals surface area (Å²) in [5.74, 6) is -0.601. The first-order valence-corrected chi connectivity index (χ1v) is 6.51. The van der Waals surface area contributed by atoms with Gasteiger partial charge in [0.05, 0.1) is 13.1 Å². The van der Waals surface area contributed by atoms with Crippen molar-refractivity contribution >= 4 is 17.5 Å². The van der Waals surface area contributed by atoms with Crippen LogP contribution in [0.15, 0.2) is 24.3 Å². The summed E-state index contributed by atoms with van der Waals surface area (Å²) in [7, 11) is 0. The van der Waals surface area contributed by atoms with E-state index in [0.29, 0.717) is 12.2 Å². The lowest BCUT2D eigenvalue weighted by molar-refractivity contribution is -0.124. The van der Waals surface area contributed by atoms with Gasteiger partial charge in [-0.2, -0.15) is 0 Å². The summed E-state index contributed by atoms with van der Waals surface area (Å²) in [6.45, 7) is 4.36. The predicted molar refractivity (Wildman–Crippen MR) is 78.6 cm³/mol. The number of carbonyl (C=O) groups is 2. The van der Waals surface area contributed by atoms with E-state index in [-0.39, 0.29) is 25.0 Å². The molecule has 1 aromatic carbocycles. The highest BCUT2D eigenvalue weighted by molar-refractivity contribution is 5.80. The molecule has 0 saturated carbocycles. The molecule has 1 rings (SSSR count). The monoisotopic (exact) mass is 278 g/mol. The number of nitrogens with two attached hydrogens (primary N) is 2. The molecule has 1 aromatic rings. The zero-order valence-corrected chi connectivity index (χ0v) is 11.9. The van der Waals surface area contributed by atoms with E-state index in [1.54, 1.807) is 11.0 Å². The Morgan fingerprint density at radius 1 is 1.30 bits per heavy atom. The highest BCUT2D eigenvalue weighted by Crippen LogP contribution is 2.09. The normalized spacial score (nSPS) is 10.8. The Labute approximate surface area is 119 Å². The van der Waals surface area contributed by atoms with E-state index in [1.807, 2.05) is 32.0 Å². The standard InChI is InChI=1S/C14H22N4O2/c1-10(2)17-14(20)9-18(8-13(16)19)7-11-4-3-5-12(15)6-11/h3-6,10H,7-9,15H2,1-2H3,(H2,16,19)(H,17,20). The number of hydrogen-bond donors (Lipinski definition) is 3. The number of amides is 2. The van der Waals surface area contributed by atoms with Crippen molar-refractivity contribution in [1.82, 2.24) is 10.2 Å². The highest BCUT2D eigenvalue weighted by atomic mass is 16.2. The zero-order chi connectivity index (χ0) is 15.1. The molecule has 0 atom stereocenters. The zero-order valence-electron chi connectivity index (χ0n) is 11.9. The van der Waals surface area contributed by atoms with Gasteiger partial charge in [0.15, 0.2) is 0 Å². The first-order chi connectivity index (χ1) is 9.36. The van der Waals surface area contributed by atoms with Gasteiger partial charge in [0.2, 0.25) is 11.8 Å². The molecule has 2 amide bonds. The predicted octanol–water partition coefficient (Wildman–Crippen LogP) is 0.0807. The Bertz CT molecular complexity index is 474. The lowest BCUT2D eigenvalue weighted by atomic mass is 10.2. The van der Waals surface area contributed by atoms with Gasteiger partial charge in [-0.15, -0.1) is 0 Å². The number of benzene rings is 1. The summed E-state index contributed by atoms with van der Waals surface area (Å²) >= 11 is 0. The lowest BCUT2D eigenvalue weighted by Crippen LogP contribution is -2.42. The van der Waals surface area contributed by atoms with Crippen molar-refractivity contribution in [1.29, 1.82) is 0 Å². The van der Waals surface area contributed by atoms with Crippen LogP contribution in [0.25, 0.3) is 0 Å². The van der Waals surface area contributed by atoms with Crippen molar-refractivity contribution in [2.24, 2.45) is 5.73 Å². The van der Waals surface area contributed by atoms with Crippen LogP contribution in [0.5, 0.6) is 0 Å². The maximum absolute atomic E-state index is 11.8. The summed E-state index contributed by atoms with van der Waals surface area (Å²) in [6, 6.07) is 7.39. The SMILES string of the molecule is CC(C)NC(=O)CN(CC(N)=O)Cc1cccc(N)c1. The van der Waals surface area contributed by atoms with Crippen molar-refractivity contribution in [2.45, 2.75) is 26.4 Å². The van der Waals surface area contributed by atoms with Gasteiger partial charge in [-0.05, 0) is 31.5 Å². The fourth-order valence-electron chi connectivity index (χ4n) is 1.91. The number of primary amides is 1. The van der Waals surface area contributed by atoms with E-state index in [1.165, 1.54) is 0 Å². The van der Waals surface area contributed by atoms with Gasteiger partial charge >= 0.3 is 0 Å². The summed E-state index contributed by atoms with van der Waals surface area (Å²) in [5, 5.41) is 2.79. The third kappa shape index (κ3) is 6.19. The number of carbonyl (C=O) groups excluding carboxylic acids is 2. The minimum absolute atomic E-state index is 0.0281. The van der Waals surface area contributed by atoms with E-state index in [0.717, 1.165) is 5.56 Å². The average Bonchev–Trinajstić information content (AvgIpc) is 2.26. The molecule has 20 heavy (non-hydrogen) atoms. The highest BCUT2D eigenvalue weighted by Gasteiger charge is 2.14. The maximum Gasteiger partial charge on any atom is 0.234 e. The topological polar surface area (TPSA) is 101 Å². The van der Waals surface area contributed by atoms with Gasteiger partial charge in [-0.1, -0.05) is 12.1 Å². The Kier molecular flexibility index (Phi) is 5.99. The Hall–Kier alpha value is -2.08. The van der Waals surface area contributed by atoms with Crippen LogP contribution in [0, 0.1) is 0 Å². The summed E-state index contributed by atoms with van der Waals surface area (Å²) in [6.07, 6.45) is 0. The summed E-state index contributed by atoms with van der Waals surface area (Å²) < 4.78 is 0. The number of anilines is 1. The number of nitrogens with one attached hydrogen (secondary N) is 1. The van der Waals surface area contributed by atoms with Crippen LogP contribution in [0.2, 0.25) is 0 Å². The Morgan fingerprint density at radius 2 is 2.00 bits per heavy atom. The quantitative estimate of drug-likeness (QED) is 0.615. The number of nitrogens with zero attached hydrogens (tertiary/aromatic N) is 1. The van der Waals surface area contributed by atoms with E-state index in [2.05, 4.69) is 5.32 Å². The smallest absolute Gasteiger partial charge is 0.234 e. The van der Waals surface area contributed by atoms with Crippen LogP contribution < -0.4 is 16.8 Å².